The Kier molecular flexibility index (Phi) is 3.49. The van der Waals surface area contributed by atoms with Gasteiger partial charge in [0, 0.05) is 23.9 Å². The molecule has 0 spiro atoms. The van der Waals surface area contributed by atoms with E-state index in [2.05, 4.69) is 5.32 Å². The number of aliphatic hydroxyl groups is 1. The Hall–Kier alpha value is -1.62. The standard InChI is InChI=1S/C11H16N2O3/c1-8-6-9(12-7-11(2,3)14)4-5-10(8)13(15)16/h4-6,12,14H,7H2,1-3H3. The molecular weight excluding hydrogens is 208 g/mol. The summed E-state index contributed by atoms with van der Waals surface area (Å²) in [6.45, 7) is 5.47. The summed E-state index contributed by atoms with van der Waals surface area (Å²) in [5.41, 5.74) is 0.667. The summed E-state index contributed by atoms with van der Waals surface area (Å²) in [7, 11) is 0. The fourth-order valence-corrected chi connectivity index (χ4v) is 1.29. The number of rotatable bonds is 4. The first kappa shape index (κ1) is 12.4. The molecule has 0 amide bonds. The molecule has 0 atom stereocenters. The zero-order valence-electron chi connectivity index (χ0n) is 9.65. The normalized spacial score (nSPS) is 11.2. The Morgan fingerprint density at radius 1 is 1.50 bits per heavy atom. The van der Waals surface area contributed by atoms with E-state index in [0.717, 1.165) is 5.69 Å². The minimum atomic E-state index is -0.810. The van der Waals surface area contributed by atoms with Crippen LogP contribution in [0.1, 0.15) is 19.4 Å². The van der Waals surface area contributed by atoms with Crippen LogP contribution in [-0.2, 0) is 0 Å². The summed E-state index contributed by atoms with van der Waals surface area (Å²) in [6.07, 6.45) is 0. The molecule has 88 valence electrons. The number of anilines is 1. The zero-order valence-corrected chi connectivity index (χ0v) is 9.65. The minimum Gasteiger partial charge on any atom is -0.389 e. The van der Waals surface area contributed by atoms with Crippen molar-refractivity contribution in [2.24, 2.45) is 0 Å². The van der Waals surface area contributed by atoms with Crippen molar-refractivity contribution in [2.45, 2.75) is 26.4 Å². The first-order valence-corrected chi connectivity index (χ1v) is 5.01. The molecule has 0 radical (unpaired) electrons. The van der Waals surface area contributed by atoms with Crippen molar-refractivity contribution in [3.63, 3.8) is 0 Å². The van der Waals surface area contributed by atoms with E-state index in [1.54, 1.807) is 32.9 Å². The number of benzene rings is 1. The lowest BCUT2D eigenvalue weighted by atomic mass is 10.1. The Labute approximate surface area is 94.3 Å². The van der Waals surface area contributed by atoms with E-state index < -0.39 is 10.5 Å². The minimum absolute atomic E-state index is 0.105. The molecular formula is C11H16N2O3. The maximum absolute atomic E-state index is 10.6. The second-order valence-electron chi connectivity index (χ2n) is 4.42. The van der Waals surface area contributed by atoms with Crippen LogP contribution in [0.15, 0.2) is 18.2 Å². The maximum Gasteiger partial charge on any atom is 0.272 e. The van der Waals surface area contributed by atoms with Gasteiger partial charge in [-0.25, -0.2) is 0 Å². The highest BCUT2D eigenvalue weighted by atomic mass is 16.6. The molecule has 0 fully saturated rings. The van der Waals surface area contributed by atoms with Gasteiger partial charge in [-0.05, 0) is 32.9 Å². The first-order valence-electron chi connectivity index (χ1n) is 5.01. The highest BCUT2D eigenvalue weighted by Crippen LogP contribution is 2.21. The molecule has 0 aliphatic heterocycles. The van der Waals surface area contributed by atoms with Crippen LogP contribution in [0.2, 0.25) is 0 Å². The van der Waals surface area contributed by atoms with Crippen LogP contribution in [0.3, 0.4) is 0 Å². The van der Waals surface area contributed by atoms with Gasteiger partial charge in [0.15, 0.2) is 0 Å². The van der Waals surface area contributed by atoms with Gasteiger partial charge in [-0.15, -0.1) is 0 Å². The number of nitrogens with zero attached hydrogens (tertiary/aromatic N) is 1. The van der Waals surface area contributed by atoms with E-state index >= 15 is 0 Å². The van der Waals surface area contributed by atoms with Crippen molar-refractivity contribution >= 4 is 11.4 Å². The van der Waals surface area contributed by atoms with E-state index in [0.29, 0.717) is 12.1 Å². The number of hydrogen-bond acceptors (Lipinski definition) is 4. The van der Waals surface area contributed by atoms with Crippen molar-refractivity contribution in [1.29, 1.82) is 0 Å². The molecule has 0 aliphatic rings. The van der Waals surface area contributed by atoms with Gasteiger partial charge in [-0.3, -0.25) is 10.1 Å². The fraction of sp³-hybridized carbons (Fsp3) is 0.455. The van der Waals surface area contributed by atoms with Crippen LogP contribution in [0.25, 0.3) is 0 Å². The van der Waals surface area contributed by atoms with Crippen LogP contribution in [-0.4, -0.2) is 22.2 Å². The van der Waals surface area contributed by atoms with E-state index in [1.807, 2.05) is 0 Å². The third-order valence-electron chi connectivity index (χ3n) is 2.12. The lowest BCUT2D eigenvalue weighted by molar-refractivity contribution is -0.385. The molecule has 16 heavy (non-hydrogen) atoms. The van der Waals surface area contributed by atoms with E-state index in [4.69, 9.17) is 0 Å². The molecule has 0 heterocycles. The largest absolute Gasteiger partial charge is 0.389 e. The molecule has 5 heteroatoms. The van der Waals surface area contributed by atoms with Crippen molar-refractivity contribution in [1.82, 2.24) is 0 Å². The second-order valence-corrected chi connectivity index (χ2v) is 4.42. The van der Waals surface area contributed by atoms with E-state index in [1.165, 1.54) is 6.07 Å². The SMILES string of the molecule is Cc1cc(NCC(C)(C)O)ccc1[N+](=O)[O-]. The lowest BCUT2D eigenvalue weighted by Crippen LogP contribution is -2.29. The predicted octanol–water partition coefficient (Wildman–Crippen LogP) is 2.09. The van der Waals surface area contributed by atoms with Gasteiger partial charge >= 0.3 is 0 Å². The van der Waals surface area contributed by atoms with Gasteiger partial charge in [-0.1, -0.05) is 0 Å². The summed E-state index contributed by atoms with van der Waals surface area (Å²) in [4.78, 5) is 10.2. The van der Waals surface area contributed by atoms with Gasteiger partial charge in [0.25, 0.3) is 5.69 Å². The average molecular weight is 224 g/mol. The highest BCUT2D eigenvalue weighted by molar-refractivity contribution is 5.53. The molecule has 0 unspecified atom stereocenters. The first-order chi connectivity index (χ1) is 7.29. The van der Waals surface area contributed by atoms with Gasteiger partial charge in [0.1, 0.15) is 0 Å². The van der Waals surface area contributed by atoms with Crippen LogP contribution < -0.4 is 5.32 Å². The second kappa shape index (κ2) is 4.49. The summed E-state index contributed by atoms with van der Waals surface area (Å²) < 4.78 is 0. The van der Waals surface area contributed by atoms with Gasteiger partial charge < -0.3 is 10.4 Å². The Bertz CT molecular complexity index is 397. The van der Waals surface area contributed by atoms with Crippen molar-refractivity contribution in [3.8, 4) is 0 Å². The third-order valence-corrected chi connectivity index (χ3v) is 2.12. The van der Waals surface area contributed by atoms with Crippen LogP contribution >= 0.6 is 0 Å². The van der Waals surface area contributed by atoms with Crippen molar-refractivity contribution in [2.75, 3.05) is 11.9 Å². The molecule has 0 aliphatic carbocycles. The zero-order chi connectivity index (χ0) is 12.3. The molecule has 0 saturated heterocycles. The number of aryl methyl sites for hydroxylation is 1. The molecule has 2 N–H and O–H groups in total. The Morgan fingerprint density at radius 2 is 2.12 bits per heavy atom. The maximum atomic E-state index is 10.6. The van der Waals surface area contributed by atoms with E-state index in [-0.39, 0.29) is 5.69 Å². The highest BCUT2D eigenvalue weighted by Gasteiger charge is 2.13. The van der Waals surface area contributed by atoms with Crippen molar-refractivity contribution < 1.29 is 10.0 Å². The van der Waals surface area contributed by atoms with Crippen LogP contribution in [0.4, 0.5) is 11.4 Å². The Balaban J connectivity index is 2.78. The monoisotopic (exact) mass is 224 g/mol. The van der Waals surface area contributed by atoms with Gasteiger partial charge in [-0.2, -0.15) is 0 Å². The molecule has 5 nitrogen and oxygen atoms in total. The number of hydrogen-bond donors (Lipinski definition) is 2. The summed E-state index contributed by atoms with van der Waals surface area (Å²) >= 11 is 0. The van der Waals surface area contributed by atoms with Crippen LogP contribution in [0, 0.1) is 17.0 Å². The fourth-order valence-electron chi connectivity index (χ4n) is 1.29. The number of nitro groups is 1. The molecule has 1 rings (SSSR count). The topological polar surface area (TPSA) is 75.4 Å². The predicted molar refractivity (Wildman–Crippen MR) is 62.6 cm³/mol. The van der Waals surface area contributed by atoms with Gasteiger partial charge in [0.05, 0.1) is 10.5 Å². The molecule has 0 aromatic heterocycles. The molecule has 1 aromatic carbocycles. The number of nitrogens with one attached hydrogen (secondary N) is 1. The van der Waals surface area contributed by atoms with E-state index in [9.17, 15) is 15.2 Å². The summed E-state index contributed by atoms with van der Waals surface area (Å²) in [5, 5.41) is 23.1. The molecule has 0 saturated carbocycles. The van der Waals surface area contributed by atoms with Gasteiger partial charge in [0.2, 0.25) is 0 Å². The summed E-state index contributed by atoms with van der Waals surface area (Å²) in [5.74, 6) is 0. The number of nitro benzene ring substituents is 1. The quantitative estimate of drug-likeness (QED) is 0.606. The molecule has 0 bridgehead atoms. The summed E-state index contributed by atoms with van der Waals surface area (Å²) in [6, 6.07) is 4.79. The third kappa shape index (κ3) is 3.51. The van der Waals surface area contributed by atoms with Crippen LogP contribution in [0.5, 0.6) is 0 Å². The lowest BCUT2D eigenvalue weighted by Gasteiger charge is -2.18. The van der Waals surface area contributed by atoms with Crippen molar-refractivity contribution in [3.05, 3.63) is 33.9 Å². The smallest absolute Gasteiger partial charge is 0.272 e. The molecule has 1 aromatic rings. The Morgan fingerprint density at radius 3 is 2.56 bits per heavy atom. The average Bonchev–Trinajstić information content (AvgIpc) is 2.13.